The van der Waals surface area contributed by atoms with Crippen LogP contribution in [0.1, 0.15) is 33.6 Å². The Balaban J connectivity index is 2.12. The first-order valence-corrected chi connectivity index (χ1v) is 8.10. The van der Waals surface area contributed by atoms with Crippen LogP contribution >= 0.6 is 11.6 Å². The maximum atomic E-state index is 11.6. The molecule has 25 heavy (non-hydrogen) atoms. The summed E-state index contributed by atoms with van der Waals surface area (Å²) < 4.78 is 14.6. The van der Waals surface area contributed by atoms with Gasteiger partial charge in [-0.15, -0.1) is 0 Å². The first-order chi connectivity index (χ1) is 11.7. The second kappa shape index (κ2) is 9.88. The second-order valence-electron chi connectivity index (χ2n) is 6.19. The van der Waals surface area contributed by atoms with Gasteiger partial charge in [-0.05, 0) is 51.5 Å². The van der Waals surface area contributed by atoms with Gasteiger partial charge in [0.05, 0.1) is 5.41 Å². The number of nitrogens with one attached hydrogen (secondary N) is 1. The van der Waals surface area contributed by atoms with E-state index in [1.54, 1.807) is 45.0 Å². The second-order valence-corrected chi connectivity index (χ2v) is 6.63. The van der Waals surface area contributed by atoms with Crippen LogP contribution in [-0.4, -0.2) is 31.4 Å². The summed E-state index contributed by atoms with van der Waals surface area (Å²) in [5, 5.41) is 3.00. The van der Waals surface area contributed by atoms with Gasteiger partial charge in [-0.25, -0.2) is 4.79 Å². The highest BCUT2D eigenvalue weighted by Gasteiger charge is 2.23. The number of alkyl carbamates (subject to hydrolysis) is 1. The van der Waals surface area contributed by atoms with Gasteiger partial charge in [-0.2, -0.15) is 0 Å². The highest BCUT2D eigenvalue weighted by atomic mass is 35.5. The molecule has 0 unspecified atom stereocenters. The van der Waals surface area contributed by atoms with Gasteiger partial charge in [-0.3, -0.25) is 9.59 Å². The summed E-state index contributed by atoms with van der Waals surface area (Å²) in [5.41, 5.74) is -0.662. The van der Waals surface area contributed by atoms with Crippen LogP contribution in [0.2, 0.25) is 5.02 Å². The molecule has 0 atom stereocenters. The number of hydrogen-bond donors (Lipinski definition) is 1. The first kappa shape index (κ1) is 20.8. The lowest BCUT2D eigenvalue weighted by Crippen LogP contribution is -2.29. The average molecular weight is 372 g/mol. The van der Waals surface area contributed by atoms with E-state index in [0.29, 0.717) is 17.2 Å². The van der Waals surface area contributed by atoms with Crippen molar-refractivity contribution in [1.82, 2.24) is 5.32 Å². The lowest BCUT2D eigenvalue weighted by Gasteiger charge is -2.16. The zero-order chi connectivity index (χ0) is 18.9. The van der Waals surface area contributed by atoms with Crippen molar-refractivity contribution < 1.29 is 28.6 Å². The zero-order valence-electron chi connectivity index (χ0n) is 14.5. The molecular weight excluding hydrogens is 350 g/mol. The summed E-state index contributed by atoms with van der Waals surface area (Å²) in [5.74, 6) is -0.482. The molecule has 0 fully saturated rings. The van der Waals surface area contributed by atoms with Gasteiger partial charge in [0.15, 0.2) is 0 Å². The first-order valence-electron chi connectivity index (χ1n) is 7.72. The number of ether oxygens (including phenoxy) is 3. The third kappa shape index (κ3) is 8.95. The molecule has 0 heterocycles. The van der Waals surface area contributed by atoms with Crippen molar-refractivity contribution >= 4 is 29.6 Å². The molecule has 0 aliphatic heterocycles. The molecule has 0 saturated heterocycles. The molecular formula is C17H22ClNO6. The molecule has 7 nitrogen and oxygen atoms in total. The van der Waals surface area contributed by atoms with Gasteiger partial charge in [-0.1, -0.05) is 11.6 Å². The van der Waals surface area contributed by atoms with Crippen LogP contribution in [0.5, 0.6) is 5.75 Å². The third-order valence-corrected chi connectivity index (χ3v) is 3.12. The van der Waals surface area contributed by atoms with Crippen molar-refractivity contribution in [2.24, 2.45) is 5.41 Å². The summed E-state index contributed by atoms with van der Waals surface area (Å²) in [4.78, 5) is 34.5. The number of benzene rings is 1. The Morgan fingerprint density at radius 3 is 2.32 bits per heavy atom. The summed E-state index contributed by atoms with van der Waals surface area (Å²) in [6.07, 6.45) is -0.224. The monoisotopic (exact) mass is 371 g/mol. The van der Waals surface area contributed by atoms with Crippen molar-refractivity contribution in [2.75, 3.05) is 13.3 Å². The Morgan fingerprint density at radius 1 is 1.08 bits per heavy atom. The number of halogens is 1. The number of esters is 2. The Labute approximate surface area is 151 Å². The van der Waals surface area contributed by atoms with Gasteiger partial charge in [0.1, 0.15) is 5.75 Å². The summed E-state index contributed by atoms with van der Waals surface area (Å²) in [6.45, 7) is 4.85. The fraction of sp³-hybridized carbons (Fsp3) is 0.471. The molecule has 1 rings (SSSR count). The van der Waals surface area contributed by atoms with Crippen molar-refractivity contribution in [1.29, 1.82) is 0 Å². The van der Waals surface area contributed by atoms with Crippen molar-refractivity contribution in [3.8, 4) is 5.75 Å². The fourth-order valence-corrected chi connectivity index (χ4v) is 1.64. The topological polar surface area (TPSA) is 90.9 Å². The van der Waals surface area contributed by atoms with Crippen LogP contribution < -0.4 is 10.1 Å². The molecule has 0 spiro atoms. The van der Waals surface area contributed by atoms with Crippen LogP contribution in [-0.2, 0) is 19.1 Å². The number of amides is 1. The fourth-order valence-electron chi connectivity index (χ4n) is 1.51. The van der Waals surface area contributed by atoms with E-state index in [1.807, 2.05) is 0 Å². The maximum Gasteiger partial charge on any atom is 0.410 e. The summed E-state index contributed by atoms with van der Waals surface area (Å²) >= 11 is 5.74. The smallest absolute Gasteiger partial charge is 0.410 e. The quantitative estimate of drug-likeness (QED) is 0.342. The molecule has 0 radical (unpaired) electrons. The standard InChI is InChI=1S/C17H22ClNO6/c1-17(2,3)15(21)23-11-24-16(22)19-10-4-5-14(20)25-13-8-6-12(18)7-9-13/h6-9H,4-5,10-11H2,1-3H3,(H,19,22). The summed E-state index contributed by atoms with van der Waals surface area (Å²) in [6, 6.07) is 6.42. The van der Waals surface area contributed by atoms with Gasteiger partial charge in [0, 0.05) is 18.0 Å². The van der Waals surface area contributed by atoms with E-state index in [4.69, 9.17) is 25.8 Å². The highest BCUT2D eigenvalue weighted by Crippen LogP contribution is 2.16. The molecule has 138 valence electrons. The van der Waals surface area contributed by atoms with Gasteiger partial charge in [0.25, 0.3) is 0 Å². The minimum atomic E-state index is -0.729. The number of hydrogen-bond acceptors (Lipinski definition) is 6. The molecule has 0 bridgehead atoms. The van der Waals surface area contributed by atoms with Crippen LogP contribution in [0.25, 0.3) is 0 Å². The molecule has 1 N–H and O–H groups in total. The maximum absolute atomic E-state index is 11.6. The van der Waals surface area contributed by atoms with E-state index in [-0.39, 0.29) is 13.0 Å². The van der Waals surface area contributed by atoms with Crippen LogP contribution in [0, 0.1) is 5.41 Å². The minimum Gasteiger partial charge on any atom is -0.427 e. The minimum absolute atomic E-state index is 0.127. The van der Waals surface area contributed by atoms with E-state index < -0.39 is 30.2 Å². The Hall–Kier alpha value is -2.28. The lowest BCUT2D eigenvalue weighted by atomic mass is 9.98. The molecule has 1 aromatic carbocycles. The average Bonchev–Trinajstić information content (AvgIpc) is 2.53. The van der Waals surface area contributed by atoms with Crippen molar-refractivity contribution in [3.63, 3.8) is 0 Å². The molecule has 0 saturated carbocycles. The normalized spacial score (nSPS) is 10.7. The van der Waals surface area contributed by atoms with Gasteiger partial charge >= 0.3 is 18.0 Å². The van der Waals surface area contributed by atoms with Gasteiger partial charge < -0.3 is 19.5 Å². The van der Waals surface area contributed by atoms with Crippen molar-refractivity contribution in [2.45, 2.75) is 33.6 Å². The molecule has 0 aromatic heterocycles. The Morgan fingerprint density at radius 2 is 1.72 bits per heavy atom. The van der Waals surface area contributed by atoms with Crippen molar-refractivity contribution in [3.05, 3.63) is 29.3 Å². The van der Waals surface area contributed by atoms with E-state index >= 15 is 0 Å². The number of carbonyl (C=O) groups excluding carboxylic acids is 3. The highest BCUT2D eigenvalue weighted by molar-refractivity contribution is 6.30. The van der Waals surface area contributed by atoms with E-state index in [2.05, 4.69) is 5.32 Å². The molecule has 0 aliphatic carbocycles. The van der Waals surface area contributed by atoms with Crippen LogP contribution in [0.4, 0.5) is 4.79 Å². The number of rotatable bonds is 7. The number of carbonyl (C=O) groups is 3. The molecule has 8 heteroatoms. The lowest BCUT2D eigenvalue weighted by molar-refractivity contribution is -0.161. The molecule has 1 aromatic rings. The molecule has 1 amide bonds. The molecule has 0 aliphatic rings. The summed E-state index contributed by atoms with van der Waals surface area (Å²) in [7, 11) is 0. The SMILES string of the molecule is CC(C)(C)C(=O)OCOC(=O)NCCCC(=O)Oc1ccc(Cl)cc1. The Kier molecular flexibility index (Phi) is 8.21. The third-order valence-electron chi connectivity index (χ3n) is 2.86. The van der Waals surface area contributed by atoms with Crippen LogP contribution in [0.3, 0.4) is 0 Å². The van der Waals surface area contributed by atoms with Crippen LogP contribution in [0.15, 0.2) is 24.3 Å². The van der Waals surface area contributed by atoms with E-state index in [0.717, 1.165) is 0 Å². The van der Waals surface area contributed by atoms with Gasteiger partial charge in [0.2, 0.25) is 6.79 Å². The predicted molar refractivity (Wildman–Crippen MR) is 91.2 cm³/mol. The van der Waals surface area contributed by atoms with E-state index in [9.17, 15) is 14.4 Å². The Bertz CT molecular complexity index is 594. The largest absolute Gasteiger partial charge is 0.427 e. The zero-order valence-corrected chi connectivity index (χ0v) is 15.2. The predicted octanol–water partition coefficient (Wildman–Crippen LogP) is 3.30. The van der Waals surface area contributed by atoms with E-state index in [1.165, 1.54) is 0 Å².